The number of alkyl carbamates (subject to hydrolysis) is 1. The zero-order valence-electron chi connectivity index (χ0n) is 11.4. The molecular weight excluding hydrogens is 273 g/mol. The van der Waals surface area contributed by atoms with Crippen LogP contribution < -0.4 is 5.32 Å². The number of ether oxygens (including phenoxy) is 1. The summed E-state index contributed by atoms with van der Waals surface area (Å²) in [5.74, 6) is -1.05. The van der Waals surface area contributed by atoms with E-state index >= 15 is 0 Å². The van der Waals surface area contributed by atoms with Gasteiger partial charge in [-0.25, -0.2) is 9.18 Å². The van der Waals surface area contributed by atoms with Gasteiger partial charge >= 0.3 is 6.09 Å². The molecule has 2 aromatic rings. The quantitative estimate of drug-likeness (QED) is 0.889. The molecule has 0 saturated carbocycles. The molecule has 0 saturated heterocycles. The highest BCUT2D eigenvalue weighted by molar-refractivity contribution is 5.67. The lowest BCUT2D eigenvalue weighted by Gasteiger charge is -2.07. The number of hydrogen-bond acceptors (Lipinski definition) is 3. The maximum absolute atomic E-state index is 12.9. The first-order valence-electron chi connectivity index (χ1n) is 6.57. The number of phenolic OH excluding ortho intramolecular Hbond substituents is 1. The van der Waals surface area contributed by atoms with Crippen LogP contribution in [0, 0.1) is 5.82 Å². The number of aromatic hydroxyl groups is 1. The van der Waals surface area contributed by atoms with E-state index in [0.717, 1.165) is 11.1 Å². The lowest BCUT2D eigenvalue weighted by Crippen LogP contribution is -2.26. The summed E-state index contributed by atoms with van der Waals surface area (Å²) < 4.78 is 17.9. The SMILES string of the molecule is O=C(NCCc1ccc(F)c(O)c1)OCc1ccccc1. The van der Waals surface area contributed by atoms with E-state index in [4.69, 9.17) is 4.74 Å². The molecular formula is C16H16FNO3. The van der Waals surface area contributed by atoms with E-state index in [1.165, 1.54) is 12.1 Å². The van der Waals surface area contributed by atoms with E-state index in [-0.39, 0.29) is 12.4 Å². The van der Waals surface area contributed by atoms with E-state index in [0.29, 0.717) is 13.0 Å². The molecule has 0 aliphatic rings. The van der Waals surface area contributed by atoms with Crippen LogP contribution in [-0.2, 0) is 17.8 Å². The summed E-state index contributed by atoms with van der Waals surface area (Å²) in [6, 6.07) is 13.5. The summed E-state index contributed by atoms with van der Waals surface area (Å²) >= 11 is 0. The van der Waals surface area contributed by atoms with Crippen molar-refractivity contribution in [2.24, 2.45) is 0 Å². The van der Waals surface area contributed by atoms with E-state index in [1.54, 1.807) is 6.07 Å². The molecule has 21 heavy (non-hydrogen) atoms. The van der Waals surface area contributed by atoms with Crippen molar-refractivity contribution in [1.29, 1.82) is 0 Å². The molecule has 0 aliphatic carbocycles. The van der Waals surface area contributed by atoms with Gasteiger partial charge in [0, 0.05) is 6.54 Å². The number of benzene rings is 2. The first-order chi connectivity index (χ1) is 10.1. The van der Waals surface area contributed by atoms with Crippen molar-refractivity contribution in [2.75, 3.05) is 6.54 Å². The monoisotopic (exact) mass is 289 g/mol. The molecule has 0 radical (unpaired) electrons. The predicted octanol–water partition coefficient (Wildman–Crippen LogP) is 3.00. The topological polar surface area (TPSA) is 58.6 Å². The minimum Gasteiger partial charge on any atom is -0.505 e. The predicted molar refractivity (Wildman–Crippen MR) is 76.4 cm³/mol. The largest absolute Gasteiger partial charge is 0.505 e. The number of amides is 1. The Balaban J connectivity index is 1.70. The van der Waals surface area contributed by atoms with Crippen LogP contribution in [0.3, 0.4) is 0 Å². The van der Waals surface area contributed by atoms with E-state index < -0.39 is 11.9 Å². The normalized spacial score (nSPS) is 10.1. The van der Waals surface area contributed by atoms with Crippen LogP contribution in [0.1, 0.15) is 11.1 Å². The third-order valence-corrected chi connectivity index (χ3v) is 2.91. The summed E-state index contributed by atoms with van der Waals surface area (Å²) in [6.07, 6.45) is -0.0287. The van der Waals surface area contributed by atoms with Crippen LogP contribution in [0.2, 0.25) is 0 Å². The van der Waals surface area contributed by atoms with Crippen LogP contribution in [0.25, 0.3) is 0 Å². The van der Waals surface area contributed by atoms with Gasteiger partial charge in [0.1, 0.15) is 6.61 Å². The third kappa shape index (κ3) is 4.80. The molecule has 0 spiro atoms. The Morgan fingerprint density at radius 3 is 2.62 bits per heavy atom. The van der Waals surface area contributed by atoms with E-state index in [1.807, 2.05) is 30.3 Å². The smallest absolute Gasteiger partial charge is 0.407 e. The second kappa shape index (κ2) is 7.28. The van der Waals surface area contributed by atoms with Gasteiger partial charge in [0.2, 0.25) is 0 Å². The van der Waals surface area contributed by atoms with Crippen LogP contribution in [-0.4, -0.2) is 17.7 Å². The Morgan fingerprint density at radius 2 is 1.90 bits per heavy atom. The molecule has 0 atom stereocenters. The number of rotatable bonds is 5. The van der Waals surface area contributed by atoms with Crippen LogP contribution in [0.4, 0.5) is 9.18 Å². The number of nitrogens with one attached hydrogen (secondary N) is 1. The molecule has 0 unspecified atom stereocenters. The first kappa shape index (κ1) is 14.8. The second-order valence-electron chi connectivity index (χ2n) is 4.52. The van der Waals surface area contributed by atoms with Crippen LogP contribution in [0.15, 0.2) is 48.5 Å². The lowest BCUT2D eigenvalue weighted by molar-refractivity contribution is 0.140. The van der Waals surface area contributed by atoms with Gasteiger partial charge in [0.05, 0.1) is 0 Å². The molecule has 110 valence electrons. The average molecular weight is 289 g/mol. The molecule has 0 bridgehead atoms. The highest BCUT2D eigenvalue weighted by atomic mass is 19.1. The van der Waals surface area contributed by atoms with Crippen LogP contribution >= 0.6 is 0 Å². The van der Waals surface area contributed by atoms with Gasteiger partial charge < -0.3 is 15.2 Å². The van der Waals surface area contributed by atoms with E-state index in [2.05, 4.69) is 5.32 Å². The fraction of sp³-hybridized carbons (Fsp3) is 0.188. The summed E-state index contributed by atoms with van der Waals surface area (Å²) in [7, 11) is 0. The maximum atomic E-state index is 12.9. The Bertz CT molecular complexity index is 602. The summed E-state index contributed by atoms with van der Waals surface area (Å²) in [4.78, 5) is 11.5. The van der Waals surface area contributed by atoms with Crippen molar-refractivity contribution >= 4 is 6.09 Å². The second-order valence-corrected chi connectivity index (χ2v) is 4.52. The zero-order chi connectivity index (χ0) is 15.1. The van der Waals surface area contributed by atoms with Crippen molar-refractivity contribution in [2.45, 2.75) is 13.0 Å². The van der Waals surface area contributed by atoms with Crippen molar-refractivity contribution < 1.29 is 19.0 Å². The van der Waals surface area contributed by atoms with Gasteiger partial charge in [0.25, 0.3) is 0 Å². The molecule has 0 heterocycles. The molecule has 0 fully saturated rings. The number of carbonyl (C=O) groups is 1. The van der Waals surface area contributed by atoms with Crippen LogP contribution in [0.5, 0.6) is 5.75 Å². The zero-order valence-corrected chi connectivity index (χ0v) is 11.4. The number of phenols is 1. The molecule has 2 aromatic carbocycles. The average Bonchev–Trinajstić information content (AvgIpc) is 2.50. The van der Waals surface area contributed by atoms with Gasteiger partial charge in [-0.3, -0.25) is 0 Å². The standard InChI is InChI=1S/C16H16FNO3/c17-14-7-6-12(10-15(14)19)8-9-18-16(20)21-11-13-4-2-1-3-5-13/h1-7,10,19H,8-9,11H2,(H,18,20). The first-order valence-corrected chi connectivity index (χ1v) is 6.57. The minimum atomic E-state index is -0.658. The molecule has 2 rings (SSSR count). The van der Waals surface area contributed by atoms with Crippen molar-refractivity contribution in [3.05, 3.63) is 65.5 Å². The van der Waals surface area contributed by atoms with Gasteiger partial charge in [-0.15, -0.1) is 0 Å². The van der Waals surface area contributed by atoms with Gasteiger partial charge in [-0.2, -0.15) is 0 Å². The lowest BCUT2D eigenvalue weighted by atomic mass is 10.1. The Hall–Kier alpha value is -2.56. The Kier molecular flexibility index (Phi) is 5.15. The van der Waals surface area contributed by atoms with Crippen molar-refractivity contribution in [3.8, 4) is 5.75 Å². The number of hydrogen-bond donors (Lipinski definition) is 2. The van der Waals surface area contributed by atoms with Gasteiger partial charge in [-0.05, 0) is 29.7 Å². The van der Waals surface area contributed by atoms with Crippen molar-refractivity contribution in [3.63, 3.8) is 0 Å². The highest BCUT2D eigenvalue weighted by Gasteiger charge is 2.04. The summed E-state index contributed by atoms with van der Waals surface area (Å²) in [5, 5.41) is 11.8. The molecule has 2 N–H and O–H groups in total. The Labute approximate surface area is 122 Å². The summed E-state index contributed by atoms with van der Waals surface area (Å²) in [6.45, 7) is 0.558. The fourth-order valence-electron chi connectivity index (χ4n) is 1.80. The van der Waals surface area contributed by atoms with E-state index in [9.17, 15) is 14.3 Å². The Morgan fingerprint density at radius 1 is 1.14 bits per heavy atom. The molecule has 5 heteroatoms. The molecule has 4 nitrogen and oxygen atoms in total. The van der Waals surface area contributed by atoms with Gasteiger partial charge in [0.15, 0.2) is 11.6 Å². The molecule has 0 aromatic heterocycles. The van der Waals surface area contributed by atoms with Gasteiger partial charge in [-0.1, -0.05) is 36.4 Å². The fourth-order valence-corrected chi connectivity index (χ4v) is 1.80. The maximum Gasteiger partial charge on any atom is 0.407 e. The third-order valence-electron chi connectivity index (χ3n) is 2.91. The van der Waals surface area contributed by atoms with Crippen molar-refractivity contribution in [1.82, 2.24) is 5.32 Å². The summed E-state index contributed by atoms with van der Waals surface area (Å²) in [5.41, 5.74) is 1.65. The highest BCUT2D eigenvalue weighted by Crippen LogP contribution is 2.16. The molecule has 1 amide bonds. The number of carbonyl (C=O) groups excluding carboxylic acids is 1. The minimum absolute atomic E-state index is 0.212. The number of halogens is 1. The molecule has 0 aliphatic heterocycles.